The van der Waals surface area contributed by atoms with Gasteiger partial charge < -0.3 is 74.2 Å². The molecule has 1 rings (SSSR count). The van der Waals surface area contributed by atoms with Crippen LogP contribution in [0.3, 0.4) is 0 Å². The van der Waals surface area contributed by atoms with Crippen molar-refractivity contribution in [1.29, 1.82) is 0 Å². The molecule has 10 unspecified atom stereocenters. The van der Waals surface area contributed by atoms with Gasteiger partial charge in [-0.2, -0.15) is 0 Å². The van der Waals surface area contributed by atoms with E-state index in [1.54, 1.807) is 41.5 Å². The summed E-state index contributed by atoms with van der Waals surface area (Å²) < 4.78 is 0. The fraction of sp³-hybridized carbons (Fsp3) is 0.638. The quantitative estimate of drug-likeness (QED) is 0.0234. The molecule has 27 heteroatoms. The van der Waals surface area contributed by atoms with Crippen molar-refractivity contribution in [2.24, 2.45) is 29.2 Å². The molecule has 0 aromatic heterocycles. The second kappa shape index (κ2) is 33.0. The number of nitrogens with one attached hydrogen (secondary N) is 8. The second-order valence-electron chi connectivity index (χ2n) is 18.9. The van der Waals surface area contributed by atoms with E-state index in [1.807, 2.05) is 0 Å². The van der Waals surface area contributed by atoms with Crippen molar-refractivity contribution in [3.63, 3.8) is 0 Å². The molecule has 74 heavy (non-hydrogen) atoms. The summed E-state index contributed by atoms with van der Waals surface area (Å²) >= 11 is 0. The topological polar surface area (TPSA) is 465 Å². The number of amides is 7. The third-order valence-corrected chi connectivity index (χ3v) is 11.6. The number of quaternary nitrogens is 1. The van der Waals surface area contributed by atoms with Crippen molar-refractivity contribution in [2.75, 3.05) is 6.54 Å². The minimum atomic E-state index is -1.78. The van der Waals surface area contributed by atoms with E-state index in [0.29, 0.717) is 5.56 Å². The van der Waals surface area contributed by atoms with Gasteiger partial charge >= 0.3 is 23.9 Å². The minimum Gasteiger partial charge on any atom is -0.508 e. The average molecular weight is 1050 g/mol. The number of benzene rings is 1. The molecule has 1 aromatic carbocycles. The number of carboxylic acid groups (broad SMARTS) is 4. The Labute approximate surface area is 429 Å². The number of rotatable bonds is 36. The van der Waals surface area contributed by atoms with E-state index in [-0.39, 0.29) is 50.3 Å². The number of carbonyl (C=O) groups excluding carboxylic acids is 7. The first-order valence-corrected chi connectivity index (χ1v) is 24.4. The van der Waals surface area contributed by atoms with Crippen LogP contribution in [-0.4, -0.2) is 152 Å². The van der Waals surface area contributed by atoms with Gasteiger partial charge in [-0.1, -0.05) is 60.1 Å². The zero-order chi connectivity index (χ0) is 56.4. The van der Waals surface area contributed by atoms with E-state index < -0.39 is 170 Å². The maximum absolute atomic E-state index is 14.2. The molecule has 0 aliphatic rings. The molecule has 0 radical (unpaired) electrons. The molecular weight excluding hydrogens is 975 g/mol. The molecule has 20 N–H and O–H groups in total. The number of aliphatic carboxylic acids is 4. The highest BCUT2D eigenvalue weighted by atomic mass is 16.4. The molecule has 0 aliphatic carbocycles. The Morgan fingerprint density at radius 1 is 0.541 bits per heavy atom. The summed E-state index contributed by atoms with van der Waals surface area (Å²) in [6, 6.07) is -6.09. The Kier molecular flexibility index (Phi) is 29.0. The number of phenolic OH excluding ortho intramolecular Hbond substituents is 1. The van der Waals surface area contributed by atoms with E-state index in [4.69, 9.17) is 11.5 Å². The Balaban J connectivity index is 3.53. The molecule has 0 aliphatic heterocycles. The van der Waals surface area contributed by atoms with Gasteiger partial charge in [0.1, 0.15) is 48.0 Å². The van der Waals surface area contributed by atoms with Crippen molar-refractivity contribution in [3.05, 3.63) is 29.8 Å². The van der Waals surface area contributed by atoms with E-state index >= 15 is 0 Å². The molecule has 0 heterocycles. The van der Waals surface area contributed by atoms with Crippen LogP contribution in [0.5, 0.6) is 5.75 Å². The zero-order valence-corrected chi connectivity index (χ0v) is 42.8. The lowest BCUT2D eigenvalue weighted by Crippen LogP contribution is -2.73. The maximum Gasteiger partial charge on any atom is 0.326 e. The van der Waals surface area contributed by atoms with Crippen molar-refractivity contribution >= 4 is 65.2 Å². The van der Waals surface area contributed by atoms with Crippen molar-refractivity contribution in [1.82, 2.24) is 42.5 Å². The SMILES string of the molecule is CCC(C)C(NC(=O)C(CCC(=O)O)NC(=O)C(CCC(=O)O)NC(=O)C(CCC(=O)O)NC(=O)C(N)Cc1ccc(O)cc1)C(=O)NC(CCCNC(N)[NH3+])C(=O)NC(C(=O)NC(CC(C)C)C(=O)O)C(C)C. The normalized spacial score (nSPS) is 15.3. The first-order valence-electron chi connectivity index (χ1n) is 24.4. The van der Waals surface area contributed by atoms with Gasteiger partial charge in [0.15, 0.2) is 6.29 Å². The average Bonchev–Trinajstić information content (AvgIpc) is 3.31. The largest absolute Gasteiger partial charge is 0.508 e. The van der Waals surface area contributed by atoms with E-state index in [0.717, 1.165) is 0 Å². The highest BCUT2D eigenvalue weighted by Crippen LogP contribution is 2.15. The standard InChI is InChI=1S/C47H77N11O16/c1-7-25(6)38(45(72)55-29(9-8-20-51-47(49)50)42(69)57-37(24(4)5)44(71)56-33(46(73)74)21-23(2)3)58-43(70)32(16-19-36(64)65)54-41(68)31(15-18-35(62)63)53-40(67)30(14-17-34(60)61)52-39(66)28(48)22-26-10-12-27(59)13-11-26/h10-13,23-25,28-33,37-38,47,51,59H,7-9,14-22,48-50H2,1-6H3,(H,52,66)(H,53,67)(H,54,68)(H,55,72)(H,56,71)(H,57,69)(H,58,70)(H,60,61)(H,62,63)(H,64,65)(H,73,74)/p+1. The number of aromatic hydroxyl groups is 1. The van der Waals surface area contributed by atoms with Crippen LogP contribution in [0.1, 0.15) is 111 Å². The maximum atomic E-state index is 14.2. The van der Waals surface area contributed by atoms with Gasteiger partial charge in [-0.05, 0) is 80.4 Å². The van der Waals surface area contributed by atoms with Crippen LogP contribution >= 0.6 is 0 Å². The molecule has 0 fully saturated rings. The smallest absolute Gasteiger partial charge is 0.326 e. The van der Waals surface area contributed by atoms with Crippen molar-refractivity contribution in [3.8, 4) is 5.75 Å². The summed E-state index contributed by atoms with van der Waals surface area (Å²) in [4.78, 5) is 144. The predicted molar refractivity (Wildman–Crippen MR) is 263 cm³/mol. The highest BCUT2D eigenvalue weighted by Gasteiger charge is 2.37. The molecule has 0 bridgehead atoms. The van der Waals surface area contributed by atoms with Gasteiger partial charge in [0.2, 0.25) is 41.4 Å². The first-order chi connectivity index (χ1) is 34.6. The summed E-state index contributed by atoms with van der Waals surface area (Å²) in [5.41, 5.74) is 15.9. The van der Waals surface area contributed by atoms with Gasteiger partial charge in [0.25, 0.3) is 0 Å². The minimum absolute atomic E-state index is 0.0476. The fourth-order valence-corrected chi connectivity index (χ4v) is 7.23. The van der Waals surface area contributed by atoms with Gasteiger partial charge in [0.05, 0.1) is 6.04 Å². The molecule has 27 nitrogen and oxygen atoms in total. The van der Waals surface area contributed by atoms with Crippen molar-refractivity contribution in [2.45, 2.75) is 167 Å². The second-order valence-corrected chi connectivity index (χ2v) is 18.9. The number of carbonyl (C=O) groups is 11. The number of phenols is 1. The monoisotopic (exact) mass is 1050 g/mol. The van der Waals surface area contributed by atoms with Crippen LogP contribution in [0.2, 0.25) is 0 Å². The van der Waals surface area contributed by atoms with Gasteiger partial charge in [-0.25, -0.2) is 4.79 Å². The highest BCUT2D eigenvalue weighted by molar-refractivity contribution is 5.98. The van der Waals surface area contributed by atoms with Crippen LogP contribution in [0.25, 0.3) is 0 Å². The van der Waals surface area contributed by atoms with Gasteiger partial charge in [-0.15, -0.1) is 0 Å². The number of nitrogens with two attached hydrogens (primary N) is 2. The molecule has 10 atom stereocenters. The van der Waals surface area contributed by atoms with Crippen molar-refractivity contribution < 1.29 is 84.0 Å². The number of carboxylic acids is 4. The lowest BCUT2D eigenvalue weighted by molar-refractivity contribution is -0.427. The van der Waals surface area contributed by atoms with Crippen LogP contribution in [0, 0.1) is 17.8 Å². The molecule has 416 valence electrons. The van der Waals surface area contributed by atoms with Crippen LogP contribution < -0.4 is 59.7 Å². The van der Waals surface area contributed by atoms with E-state index in [1.165, 1.54) is 24.3 Å². The Hall–Kier alpha value is -6.97. The van der Waals surface area contributed by atoms with Crippen LogP contribution in [0.15, 0.2) is 24.3 Å². The van der Waals surface area contributed by atoms with E-state index in [9.17, 15) is 78.3 Å². The molecule has 0 spiro atoms. The van der Waals surface area contributed by atoms with Crippen LogP contribution in [0.4, 0.5) is 0 Å². The molecular formula is C47H78N11O16+. The molecule has 0 saturated carbocycles. The van der Waals surface area contributed by atoms with Gasteiger partial charge in [-0.3, -0.25) is 59.0 Å². The lowest BCUT2D eigenvalue weighted by atomic mass is 9.96. The number of hydrogen-bond acceptors (Lipinski definition) is 15. The molecule has 0 saturated heterocycles. The van der Waals surface area contributed by atoms with Gasteiger partial charge in [0, 0.05) is 25.8 Å². The fourth-order valence-electron chi connectivity index (χ4n) is 7.23. The Morgan fingerprint density at radius 3 is 1.34 bits per heavy atom. The summed E-state index contributed by atoms with van der Waals surface area (Å²) in [7, 11) is 0. The summed E-state index contributed by atoms with van der Waals surface area (Å²) in [5.74, 6) is -13.7. The molecule has 1 aromatic rings. The third-order valence-electron chi connectivity index (χ3n) is 11.6. The summed E-state index contributed by atoms with van der Waals surface area (Å²) in [5, 5.41) is 67.8. The lowest BCUT2D eigenvalue weighted by Gasteiger charge is -2.30. The Morgan fingerprint density at radius 2 is 0.932 bits per heavy atom. The predicted octanol–water partition coefficient (Wildman–Crippen LogP) is -3.06. The zero-order valence-electron chi connectivity index (χ0n) is 42.8. The van der Waals surface area contributed by atoms with Crippen LogP contribution in [-0.2, 0) is 59.2 Å². The van der Waals surface area contributed by atoms with E-state index in [2.05, 4.69) is 48.3 Å². The summed E-state index contributed by atoms with van der Waals surface area (Å²) in [6.07, 6.45) is -4.07. The first kappa shape index (κ1) is 65.0. The number of hydrogen-bond donors (Lipinski definition) is 16. The third kappa shape index (κ3) is 25.1. The molecule has 7 amide bonds. The Bertz CT molecular complexity index is 2070. The summed E-state index contributed by atoms with van der Waals surface area (Å²) in [6.45, 7) is 10.3.